The Kier molecular flexibility index (Phi) is 10.8. The Morgan fingerprint density at radius 3 is 2.39 bits per heavy atom. The van der Waals surface area contributed by atoms with Crippen molar-refractivity contribution in [1.29, 1.82) is 0 Å². The molecule has 0 aliphatic carbocycles. The Bertz CT molecular complexity index is 1380. The number of hydrogen-bond acceptors (Lipinski definition) is 6. The molecule has 0 unspecified atom stereocenters. The second-order valence-electron chi connectivity index (χ2n) is 11.0. The number of ether oxygens (including phenoxy) is 1. The van der Waals surface area contributed by atoms with E-state index in [4.69, 9.17) is 16.3 Å². The van der Waals surface area contributed by atoms with E-state index in [2.05, 4.69) is 17.6 Å². The average Bonchev–Trinajstić information content (AvgIpc) is 2.94. The van der Waals surface area contributed by atoms with Gasteiger partial charge in [0.15, 0.2) is 9.84 Å². The fourth-order valence-electron chi connectivity index (χ4n) is 4.38. The molecule has 0 saturated carbocycles. The van der Waals surface area contributed by atoms with Crippen LogP contribution in [-0.2, 0) is 25.9 Å². The van der Waals surface area contributed by atoms with Crippen molar-refractivity contribution in [3.63, 3.8) is 0 Å². The lowest BCUT2D eigenvalue weighted by Crippen LogP contribution is -2.51. The molecule has 0 saturated heterocycles. The van der Waals surface area contributed by atoms with Crippen molar-refractivity contribution in [3.05, 3.63) is 58.4 Å². The number of fused-ring (bicyclic) bond motifs is 1. The first-order chi connectivity index (χ1) is 19.2. The van der Waals surface area contributed by atoms with Gasteiger partial charge in [0.25, 0.3) is 11.8 Å². The van der Waals surface area contributed by atoms with Crippen LogP contribution >= 0.6 is 11.6 Å². The number of carbonyl (C=O) groups excluding carboxylic acids is 3. The van der Waals surface area contributed by atoms with Gasteiger partial charge in [0, 0.05) is 11.6 Å². The highest BCUT2D eigenvalue weighted by Gasteiger charge is 2.40. The molecule has 1 atom stereocenters. The molecule has 3 rings (SSSR count). The SMILES string of the molecule is CCCCCCCNC(=O)c1cc2c(cc1F)S(=O)(=O)C[C@H](NC(=O)OC(C)(C)C)C(=O)N2Cc1ccc(Cl)cc1. The number of unbranched alkanes of at least 4 members (excludes halogenated alkanes) is 4. The highest BCUT2D eigenvalue weighted by Crippen LogP contribution is 2.34. The van der Waals surface area contributed by atoms with Crippen molar-refractivity contribution >= 4 is 45.0 Å². The highest BCUT2D eigenvalue weighted by molar-refractivity contribution is 7.91. The van der Waals surface area contributed by atoms with Crippen LogP contribution in [0.3, 0.4) is 0 Å². The van der Waals surface area contributed by atoms with Crippen LogP contribution in [0.4, 0.5) is 14.9 Å². The first kappa shape index (κ1) is 32.3. The topological polar surface area (TPSA) is 122 Å². The van der Waals surface area contributed by atoms with Gasteiger partial charge in [-0.05, 0) is 57.0 Å². The van der Waals surface area contributed by atoms with Gasteiger partial charge in [-0.15, -0.1) is 0 Å². The Balaban J connectivity index is 2.00. The average molecular weight is 610 g/mol. The molecule has 2 aromatic carbocycles. The van der Waals surface area contributed by atoms with E-state index in [0.29, 0.717) is 23.6 Å². The molecule has 1 heterocycles. The fraction of sp³-hybridized carbons (Fsp3) is 0.483. The Hall–Kier alpha value is -3.18. The van der Waals surface area contributed by atoms with Crippen LogP contribution in [-0.4, -0.2) is 50.3 Å². The van der Waals surface area contributed by atoms with Gasteiger partial charge in [-0.2, -0.15) is 0 Å². The molecule has 2 N–H and O–H groups in total. The molecular formula is C29H37ClFN3O6S. The number of nitrogens with zero attached hydrogens (tertiary/aromatic N) is 1. The molecule has 3 amide bonds. The van der Waals surface area contributed by atoms with Crippen molar-refractivity contribution in [3.8, 4) is 0 Å². The molecule has 2 aromatic rings. The molecular weight excluding hydrogens is 573 g/mol. The normalized spacial score (nSPS) is 16.5. The van der Waals surface area contributed by atoms with Crippen molar-refractivity contribution < 1.29 is 31.9 Å². The molecule has 12 heteroatoms. The number of halogens is 2. The number of alkyl carbamates (subject to hydrolysis) is 1. The summed E-state index contributed by atoms with van der Waals surface area (Å²) in [6, 6.07) is 6.84. The third kappa shape index (κ3) is 8.90. The summed E-state index contributed by atoms with van der Waals surface area (Å²) in [6.07, 6.45) is 3.84. The van der Waals surface area contributed by atoms with Crippen LogP contribution < -0.4 is 15.5 Å². The van der Waals surface area contributed by atoms with E-state index < -0.39 is 55.9 Å². The Morgan fingerprint density at radius 1 is 1.10 bits per heavy atom. The van der Waals surface area contributed by atoms with Gasteiger partial charge in [0.1, 0.15) is 17.5 Å². The summed E-state index contributed by atoms with van der Waals surface area (Å²) >= 11 is 6.00. The van der Waals surface area contributed by atoms with E-state index in [-0.39, 0.29) is 17.8 Å². The zero-order valence-electron chi connectivity index (χ0n) is 23.8. The van der Waals surface area contributed by atoms with Crippen LogP contribution in [0.5, 0.6) is 0 Å². The largest absolute Gasteiger partial charge is 0.444 e. The predicted molar refractivity (Wildman–Crippen MR) is 155 cm³/mol. The van der Waals surface area contributed by atoms with Gasteiger partial charge in [-0.3, -0.25) is 9.59 Å². The van der Waals surface area contributed by atoms with Crippen molar-refractivity contribution in [2.75, 3.05) is 17.2 Å². The molecule has 0 aromatic heterocycles. The number of hydrogen-bond donors (Lipinski definition) is 2. The minimum atomic E-state index is -4.30. The van der Waals surface area contributed by atoms with E-state index in [0.717, 1.165) is 42.7 Å². The van der Waals surface area contributed by atoms with Gasteiger partial charge in [-0.1, -0.05) is 56.3 Å². The number of amides is 3. The van der Waals surface area contributed by atoms with Gasteiger partial charge in [-0.25, -0.2) is 17.6 Å². The summed E-state index contributed by atoms with van der Waals surface area (Å²) in [7, 11) is -4.30. The van der Waals surface area contributed by atoms with Crippen molar-refractivity contribution in [2.24, 2.45) is 0 Å². The van der Waals surface area contributed by atoms with E-state index >= 15 is 4.39 Å². The van der Waals surface area contributed by atoms with Crippen LogP contribution in [0, 0.1) is 5.82 Å². The van der Waals surface area contributed by atoms with Crippen molar-refractivity contribution in [2.45, 2.75) is 82.9 Å². The monoisotopic (exact) mass is 609 g/mol. The number of benzene rings is 2. The minimum Gasteiger partial charge on any atom is -0.444 e. The Labute approximate surface area is 245 Å². The van der Waals surface area contributed by atoms with E-state index in [1.807, 2.05) is 0 Å². The molecule has 1 aliphatic heterocycles. The smallest absolute Gasteiger partial charge is 0.408 e. The molecule has 224 valence electrons. The van der Waals surface area contributed by atoms with Crippen LogP contribution in [0.1, 0.15) is 75.7 Å². The second kappa shape index (κ2) is 13.7. The number of rotatable bonds is 10. The standard InChI is InChI=1S/C29H37ClFN3O6S/c1-5-6-7-8-9-14-32-26(35)21-15-24-25(16-22(21)31)41(38,39)18-23(33-28(37)40-29(2,3)4)27(36)34(24)17-19-10-12-20(30)13-11-19/h10-13,15-16,23H,5-9,14,17-18H2,1-4H3,(H,32,35)(H,33,37)/t23-/m0/s1. The maximum Gasteiger partial charge on any atom is 0.408 e. The van der Waals surface area contributed by atoms with Crippen LogP contribution in [0.15, 0.2) is 41.3 Å². The molecule has 0 spiro atoms. The predicted octanol–water partition coefficient (Wildman–Crippen LogP) is 5.39. The lowest BCUT2D eigenvalue weighted by atomic mass is 10.1. The van der Waals surface area contributed by atoms with E-state index in [1.165, 1.54) is 0 Å². The molecule has 0 radical (unpaired) electrons. The number of anilines is 1. The first-order valence-corrected chi connectivity index (χ1v) is 15.6. The van der Waals surface area contributed by atoms with Crippen LogP contribution in [0.2, 0.25) is 5.02 Å². The van der Waals surface area contributed by atoms with Crippen molar-refractivity contribution in [1.82, 2.24) is 10.6 Å². The highest BCUT2D eigenvalue weighted by atomic mass is 35.5. The number of sulfone groups is 1. The van der Waals surface area contributed by atoms with E-state index in [1.54, 1.807) is 45.0 Å². The number of carbonyl (C=O) groups is 3. The number of nitrogens with one attached hydrogen (secondary N) is 2. The second-order valence-corrected chi connectivity index (χ2v) is 13.4. The Morgan fingerprint density at radius 2 is 1.76 bits per heavy atom. The molecule has 1 aliphatic rings. The minimum absolute atomic E-state index is 0.130. The van der Waals surface area contributed by atoms with Gasteiger partial charge in [0.05, 0.1) is 28.4 Å². The maximum atomic E-state index is 15.2. The van der Waals surface area contributed by atoms with Gasteiger partial charge < -0.3 is 20.3 Å². The summed E-state index contributed by atoms with van der Waals surface area (Å²) < 4.78 is 47.3. The summed E-state index contributed by atoms with van der Waals surface area (Å²) in [5.41, 5.74) is -0.858. The third-order valence-corrected chi connectivity index (χ3v) is 8.40. The van der Waals surface area contributed by atoms with Gasteiger partial charge in [0.2, 0.25) is 0 Å². The van der Waals surface area contributed by atoms with Crippen LogP contribution in [0.25, 0.3) is 0 Å². The summed E-state index contributed by atoms with van der Waals surface area (Å²) in [5.74, 6) is -3.34. The zero-order valence-corrected chi connectivity index (χ0v) is 25.3. The quantitative estimate of drug-likeness (QED) is 0.348. The lowest BCUT2D eigenvalue weighted by molar-refractivity contribution is -0.120. The third-order valence-electron chi connectivity index (χ3n) is 6.38. The van der Waals surface area contributed by atoms with Gasteiger partial charge >= 0.3 is 6.09 Å². The summed E-state index contributed by atoms with van der Waals surface area (Å²) in [5, 5.41) is 5.49. The molecule has 9 nitrogen and oxygen atoms in total. The summed E-state index contributed by atoms with van der Waals surface area (Å²) in [6.45, 7) is 7.17. The molecule has 41 heavy (non-hydrogen) atoms. The summed E-state index contributed by atoms with van der Waals surface area (Å²) in [4.78, 5) is 39.9. The first-order valence-electron chi connectivity index (χ1n) is 13.6. The zero-order chi connectivity index (χ0) is 30.4. The molecule has 0 bridgehead atoms. The lowest BCUT2D eigenvalue weighted by Gasteiger charge is -2.27. The molecule has 0 fully saturated rings. The van der Waals surface area contributed by atoms with E-state index in [9.17, 15) is 22.8 Å². The fourth-order valence-corrected chi connectivity index (χ4v) is 6.12. The maximum absolute atomic E-state index is 15.2.